The van der Waals surface area contributed by atoms with Crippen LogP contribution in [-0.2, 0) is 0 Å². The summed E-state index contributed by atoms with van der Waals surface area (Å²) in [6.07, 6.45) is 0. The molecule has 0 spiro atoms. The Labute approximate surface area is 143 Å². The van der Waals surface area contributed by atoms with E-state index in [1.54, 1.807) is 24.3 Å². The third kappa shape index (κ3) is 2.98. The lowest BCUT2D eigenvalue weighted by Crippen LogP contribution is -2.12. The van der Waals surface area contributed by atoms with Gasteiger partial charge in [0.15, 0.2) is 0 Å². The predicted octanol–water partition coefficient (Wildman–Crippen LogP) is 4.33. The molecule has 0 aliphatic carbocycles. The van der Waals surface area contributed by atoms with Crippen LogP contribution < -0.4 is 5.56 Å². The maximum atomic E-state index is 12.3. The molecule has 0 radical (unpaired) electrons. The number of aromatic nitrogens is 2. The van der Waals surface area contributed by atoms with Crippen molar-refractivity contribution in [3.05, 3.63) is 67.8 Å². The zero-order valence-corrected chi connectivity index (χ0v) is 14.3. The zero-order chi connectivity index (χ0) is 15.7. The largest absolute Gasteiger partial charge is 0.493 e. The molecule has 3 aromatic rings. The SMILES string of the molecule is O=c1[nH]c(-c2cc(Br)cc(Br)c2)nc(O)c1-c1ccccc1. The molecule has 0 amide bonds. The molecule has 2 N–H and O–H groups in total. The molecule has 1 heterocycles. The normalized spacial score (nSPS) is 10.6. The van der Waals surface area contributed by atoms with E-state index in [0.29, 0.717) is 17.0 Å². The summed E-state index contributed by atoms with van der Waals surface area (Å²) in [5, 5.41) is 10.2. The fourth-order valence-electron chi connectivity index (χ4n) is 2.15. The Morgan fingerprint density at radius 2 is 1.59 bits per heavy atom. The standard InChI is InChI=1S/C16H10Br2N2O2/c17-11-6-10(7-12(18)8-11)14-19-15(21)13(16(22)20-14)9-4-2-1-3-5-9/h1-8H,(H2,19,20,21,22). The fraction of sp³-hybridized carbons (Fsp3) is 0. The Hall–Kier alpha value is -1.92. The second-order valence-electron chi connectivity index (χ2n) is 4.64. The van der Waals surface area contributed by atoms with Gasteiger partial charge in [-0.25, -0.2) is 0 Å². The van der Waals surface area contributed by atoms with E-state index in [1.165, 1.54) is 0 Å². The molecule has 4 nitrogen and oxygen atoms in total. The summed E-state index contributed by atoms with van der Waals surface area (Å²) in [7, 11) is 0. The van der Waals surface area contributed by atoms with Crippen molar-refractivity contribution < 1.29 is 5.11 Å². The Balaban J connectivity index is 2.16. The van der Waals surface area contributed by atoms with Crippen LogP contribution in [0.1, 0.15) is 0 Å². The Bertz CT molecular complexity index is 872. The first-order valence-corrected chi connectivity index (χ1v) is 7.98. The minimum atomic E-state index is -0.384. The van der Waals surface area contributed by atoms with Crippen molar-refractivity contribution in [2.75, 3.05) is 0 Å². The van der Waals surface area contributed by atoms with Crippen LogP contribution in [0.15, 0.2) is 62.3 Å². The molecule has 0 unspecified atom stereocenters. The van der Waals surface area contributed by atoms with Crippen LogP contribution in [0.4, 0.5) is 0 Å². The number of hydrogen-bond donors (Lipinski definition) is 2. The first kappa shape index (κ1) is 15.0. The van der Waals surface area contributed by atoms with Gasteiger partial charge >= 0.3 is 0 Å². The molecule has 0 saturated heterocycles. The first-order chi connectivity index (χ1) is 10.5. The number of aromatic amines is 1. The van der Waals surface area contributed by atoms with Crippen LogP contribution in [0.3, 0.4) is 0 Å². The number of H-pyrrole nitrogens is 1. The van der Waals surface area contributed by atoms with Gasteiger partial charge in [-0.3, -0.25) is 4.79 Å². The van der Waals surface area contributed by atoms with Gasteiger partial charge in [0.2, 0.25) is 5.88 Å². The van der Waals surface area contributed by atoms with Gasteiger partial charge < -0.3 is 10.1 Å². The van der Waals surface area contributed by atoms with Gasteiger partial charge in [0.1, 0.15) is 11.4 Å². The van der Waals surface area contributed by atoms with Crippen LogP contribution in [0.2, 0.25) is 0 Å². The van der Waals surface area contributed by atoms with E-state index in [4.69, 9.17) is 0 Å². The second kappa shape index (κ2) is 6.06. The molecule has 6 heteroatoms. The van der Waals surface area contributed by atoms with Gasteiger partial charge in [-0.2, -0.15) is 4.98 Å². The van der Waals surface area contributed by atoms with Crippen LogP contribution >= 0.6 is 31.9 Å². The van der Waals surface area contributed by atoms with Crippen molar-refractivity contribution in [1.82, 2.24) is 9.97 Å². The quantitative estimate of drug-likeness (QED) is 0.646. The third-order valence-corrected chi connectivity index (χ3v) is 4.01. The molecule has 0 atom stereocenters. The zero-order valence-electron chi connectivity index (χ0n) is 11.2. The summed E-state index contributed by atoms with van der Waals surface area (Å²) in [6, 6.07) is 14.4. The molecular weight excluding hydrogens is 412 g/mol. The topological polar surface area (TPSA) is 66.0 Å². The van der Waals surface area contributed by atoms with Crippen molar-refractivity contribution in [2.45, 2.75) is 0 Å². The van der Waals surface area contributed by atoms with Crippen molar-refractivity contribution in [1.29, 1.82) is 0 Å². The highest BCUT2D eigenvalue weighted by atomic mass is 79.9. The van der Waals surface area contributed by atoms with Crippen LogP contribution in [0.25, 0.3) is 22.5 Å². The third-order valence-electron chi connectivity index (χ3n) is 3.10. The summed E-state index contributed by atoms with van der Waals surface area (Å²) in [5.41, 5.74) is 1.09. The number of nitrogens with one attached hydrogen (secondary N) is 1. The minimum Gasteiger partial charge on any atom is -0.493 e. The van der Waals surface area contributed by atoms with Crippen molar-refractivity contribution >= 4 is 31.9 Å². The van der Waals surface area contributed by atoms with E-state index in [0.717, 1.165) is 8.95 Å². The molecule has 0 saturated carbocycles. The summed E-state index contributed by atoms with van der Waals surface area (Å²) in [4.78, 5) is 19.2. The van der Waals surface area contributed by atoms with Crippen molar-refractivity contribution in [2.24, 2.45) is 0 Å². The Morgan fingerprint density at radius 1 is 0.955 bits per heavy atom. The minimum absolute atomic E-state index is 0.165. The average Bonchev–Trinajstić information content (AvgIpc) is 2.46. The van der Waals surface area contributed by atoms with E-state index in [9.17, 15) is 9.90 Å². The number of hydrogen-bond acceptors (Lipinski definition) is 3. The molecule has 22 heavy (non-hydrogen) atoms. The summed E-state index contributed by atoms with van der Waals surface area (Å²) in [6.45, 7) is 0. The summed E-state index contributed by atoms with van der Waals surface area (Å²) >= 11 is 6.77. The highest BCUT2D eigenvalue weighted by molar-refractivity contribution is 9.11. The van der Waals surface area contributed by atoms with Gasteiger partial charge in [-0.1, -0.05) is 62.2 Å². The lowest BCUT2D eigenvalue weighted by Gasteiger charge is -2.07. The Morgan fingerprint density at radius 3 is 2.18 bits per heavy atom. The molecule has 0 bridgehead atoms. The number of benzene rings is 2. The predicted molar refractivity (Wildman–Crippen MR) is 92.8 cm³/mol. The number of aromatic hydroxyl groups is 1. The number of rotatable bonds is 2. The van der Waals surface area contributed by atoms with E-state index in [2.05, 4.69) is 41.8 Å². The molecule has 2 aromatic carbocycles. The summed E-state index contributed by atoms with van der Waals surface area (Å²) < 4.78 is 1.68. The summed E-state index contributed by atoms with van der Waals surface area (Å²) in [5.74, 6) is 0.0187. The smallest absolute Gasteiger partial charge is 0.262 e. The molecule has 0 aliphatic heterocycles. The maximum absolute atomic E-state index is 12.3. The van der Waals surface area contributed by atoms with E-state index in [1.807, 2.05) is 24.3 Å². The van der Waals surface area contributed by atoms with Crippen LogP contribution in [0, 0.1) is 0 Å². The Kier molecular flexibility index (Phi) is 4.13. The van der Waals surface area contributed by atoms with Crippen LogP contribution in [0.5, 0.6) is 5.88 Å². The monoisotopic (exact) mass is 420 g/mol. The van der Waals surface area contributed by atoms with Gasteiger partial charge in [0.05, 0.1) is 0 Å². The van der Waals surface area contributed by atoms with Crippen molar-refractivity contribution in [3.63, 3.8) is 0 Å². The molecule has 1 aromatic heterocycles. The van der Waals surface area contributed by atoms with E-state index in [-0.39, 0.29) is 17.0 Å². The van der Waals surface area contributed by atoms with Gasteiger partial charge in [-0.15, -0.1) is 0 Å². The number of nitrogens with zero attached hydrogens (tertiary/aromatic N) is 1. The fourth-order valence-corrected chi connectivity index (χ4v) is 3.45. The molecule has 0 aliphatic rings. The first-order valence-electron chi connectivity index (χ1n) is 6.40. The lowest BCUT2D eigenvalue weighted by atomic mass is 10.1. The van der Waals surface area contributed by atoms with E-state index >= 15 is 0 Å². The molecular formula is C16H10Br2N2O2. The highest BCUT2D eigenvalue weighted by Crippen LogP contribution is 2.28. The maximum Gasteiger partial charge on any atom is 0.262 e. The molecule has 3 rings (SSSR count). The van der Waals surface area contributed by atoms with Gasteiger partial charge in [0.25, 0.3) is 5.56 Å². The molecule has 0 fully saturated rings. The number of halogens is 2. The van der Waals surface area contributed by atoms with E-state index < -0.39 is 0 Å². The molecule has 110 valence electrons. The van der Waals surface area contributed by atoms with Gasteiger partial charge in [-0.05, 0) is 23.8 Å². The van der Waals surface area contributed by atoms with Gasteiger partial charge in [0, 0.05) is 14.5 Å². The van der Waals surface area contributed by atoms with Crippen molar-refractivity contribution in [3.8, 4) is 28.4 Å². The lowest BCUT2D eigenvalue weighted by molar-refractivity contribution is 0.454. The average molecular weight is 422 g/mol. The van der Waals surface area contributed by atoms with Crippen LogP contribution in [-0.4, -0.2) is 15.1 Å². The highest BCUT2D eigenvalue weighted by Gasteiger charge is 2.14. The second-order valence-corrected chi connectivity index (χ2v) is 6.47.